The van der Waals surface area contributed by atoms with Crippen LogP contribution in [-0.4, -0.2) is 11.5 Å². The fourth-order valence-corrected chi connectivity index (χ4v) is 2.19. The SMILES string of the molecule is CCN(Cc1cc([N+](=O)[O-])ccc1N)c1ccc(C)cc1. The fraction of sp³-hybridized carbons (Fsp3) is 0.250. The number of nitro benzene ring substituents is 1. The molecule has 2 aromatic rings. The molecule has 2 N–H and O–H groups in total. The predicted octanol–water partition coefficient (Wildman–Crippen LogP) is 3.51. The van der Waals surface area contributed by atoms with Crippen LogP contribution >= 0.6 is 0 Å². The van der Waals surface area contributed by atoms with Crippen molar-refractivity contribution in [1.29, 1.82) is 0 Å². The van der Waals surface area contributed by atoms with Crippen molar-refractivity contribution >= 4 is 17.1 Å². The van der Waals surface area contributed by atoms with Crippen molar-refractivity contribution in [2.24, 2.45) is 0 Å². The number of nitrogen functional groups attached to an aromatic ring is 1. The molecule has 0 atom stereocenters. The van der Waals surface area contributed by atoms with E-state index in [2.05, 4.69) is 17.0 Å². The topological polar surface area (TPSA) is 72.4 Å². The van der Waals surface area contributed by atoms with Crippen molar-refractivity contribution in [2.45, 2.75) is 20.4 Å². The molecule has 0 bridgehead atoms. The first-order chi connectivity index (χ1) is 10.0. The Kier molecular flexibility index (Phi) is 4.42. The molecule has 0 saturated heterocycles. The fourth-order valence-electron chi connectivity index (χ4n) is 2.19. The summed E-state index contributed by atoms with van der Waals surface area (Å²) >= 11 is 0. The smallest absolute Gasteiger partial charge is 0.269 e. The van der Waals surface area contributed by atoms with Crippen LogP contribution in [0.3, 0.4) is 0 Å². The van der Waals surface area contributed by atoms with E-state index in [-0.39, 0.29) is 5.69 Å². The van der Waals surface area contributed by atoms with E-state index in [1.807, 2.05) is 26.0 Å². The molecule has 0 aliphatic carbocycles. The number of nitrogens with zero attached hydrogens (tertiary/aromatic N) is 2. The predicted molar refractivity (Wildman–Crippen MR) is 85.4 cm³/mol. The lowest BCUT2D eigenvalue weighted by atomic mass is 10.1. The van der Waals surface area contributed by atoms with Crippen LogP contribution in [-0.2, 0) is 6.54 Å². The van der Waals surface area contributed by atoms with Gasteiger partial charge in [0.1, 0.15) is 0 Å². The molecule has 0 amide bonds. The summed E-state index contributed by atoms with van der Waals surface area (Å²) in [5.74, 6) is 0. The molecule has 0 spiro atoms. The van der Waals surface area contributed by atoms with E-state index in [1.165, 1.54) is 11.6 Å². The van der Waals surface area contributed by atoms with E-state index in [0.29, 0.717) is 12.2 Å². The number of hydrogen-bond acceptors (Lipinski definition) is 4. The van der Waals surface area contributed by atoms with Gasteiger partial charge in [0.15, 0.2) is 0 Å². The zero-order valence-corrected chi connectivity index (χ0v) is 12.2. The molecule has 2 rings (SSSR count). The number of rotatable bonds is 5. The van der Waals surface area contributed by atoms with Gasteiger partial charge in [-0.1, -0.05) is 17.7 Å². The number of aryl methyl sites for hydroxylation is 1. The van der Waals surface area contributed by atoms with Crippen LogP contribution in [0, 0.1) is 17.0 Å². The first kappa shape index (κ1) is 14.8. The van der Waals surface area contributed by atoms with E-state index in [1.54, 1.807) is 12.1 Å². The van der Waals surface area contributed by atoms with Crippen molar-refractivity contribution in [3.05, 3.63) is 63.7 Å². The Balaban J connectivity index is 2.28. The van der Waals surface area contributed by atoms with Crippen LogP contribution in [0.15, 0.2) is 42.5 Å². The minimum atomic E-state index is -0.398. The Labute approximate surface area is 124 Å². The average Bonchev–Trinajstić information content (AvgIpc) is 2.47. The summed E-state index contributed by atoms with van der Waals surface area (Å²) in [6.07, 6.45) is 0. The van der Waals surface area contributed by atoms with Gasteiger partial charge in [0.2, 0.25) is 0 Å². The maximum absolute atomic E-state index is 10.9. The molecule has 110 valence electrons. The lowest BCUT2D eigenvalue weighted by Crippen LogP contribution is -2.22. The molecule has 0 aliphatic rings. The van der Waals surface area contributed by atoms with Gasteiger partial charge in [-0.2, -0.15) is 0 Å². The third-order valence-corrected chi connectivity index (χ3v) is 3.48. The highest BCUT2D eigenvalue weighted by molar-refractivity contribution is 5.56. The molecule has 0 aliphatic heterocycles. The normalized spacial score (nSPS) is 10.4. The number of nitrogens with two attached hydrogens (primary N) is 1. The molecule has 21 heavy (non-hydrogen) atoms. The second-order valence-electron chi connectivity index (χ2n) is 4.99. The number of non-ortho nitro benzene ring substituents is 1. The summed E-state index contributed by atoms with van der Waals surface area (Å²) in [7, 11) is 0. The van der Waals surface area contributed by atoms with E-state index < -0.39 is 4.92 Å². The van der Waals surface area contributed by atoms with Crippen molar-refractivity contribution in [3.8, 4) is 0 Å². The molecular formula is C16H19N3O2. The van der Waals surface area contributed by atoms with Crippen molar-refractivity contribution < 1.29 is 4.92 Å². The van der Waals surface area contributed by atoms with Gasteiger partial charge in [-0.3, -0.25) is 10.1 Å². The van der Waals surface area contributed by atoms with E-state index in [0.717, 1.165) is 17.8 Å². The van der Waals surface area contributed by atoms with Crippen molar-refractivity contribution in [2.75, 3.05) is 17.2 Å². The van der Waals surface area contributed by atoms with Gasteiger partial charge in [-0.05, 0) is 32.0 Å². The average molecular weight is 285 g/mol. The lowest BCUT2D eigenvalue weighted by molar-refractivity contribution is -0.384. The van der Waals surface area contributed by atoms with Gasteiger partial charge in [0, 0.05) is 42.2 Å². The second kappa shape index (κ2) is 6.26. The highest BCUT2D eigenvalue weighted by atomic mass is 16.6. The van der Waals surface area contributed by atoms with Crippen molar-refractivity contribution in [1.82, 2.24) is 0 Å². The highest BCUT2D eigenvalue weighted by Crippen LogP contribution is 2.24. The minimum Gasteiger partial charge on any atom is -0.398 e. The summed E-state index contributed by atoms with van der Waals surface area (Å²) in [6.45, 7) is 5.43. The molecule has 5 heteroatoms. The maximum atomic E-state index is 10.9. The Morgan fingerprint density at radius 3 is 2.43 bits per heavy atom. The largest absolute Gasteiger partial charge is 0.398 e. The lowest BCUT2D eigenvalue weighted by Gasteiger charge is -2.24. The summed E-state index contributed by atoms with van der Waals surface area (Å²) in [5, 5.41) is 10.9. The molecular weight excluding hydrogens is 266 g/mol. The highest BCUT2D eigenvalue weighted by Gasteiger charge is 2.12. The third-order valence-electron chi connectivity index (χ3n) is 3.48. The molecule has 0 saturated carbocycles. The monoisotopic (exact) mass is 285 g/mol. The summed E-state index contributed by atoms with van der Waals surface area (Å²) in [6, 6.07) is 12.8. The van der Waals surface area contributed by atoms with Crippen LogP contribution in [0.2, 0.25) is 0 Å². The standard InChI is InChI=1S/C16H19N3O2/c1-3-18(14-6-4-12(2)5-7-14)11-13-10-15(19(20)21)8-9-16(13)17/h4-10H,3,11,17H2,1-2H3. The van der Waals surface area contributed by atoms with Crippen LogP contribution < -0.4 is 10.6 Å². The van der Waals surface area contributed by atoms with Gasteiger partial charge in [-0.25, -0.2) is 0 Å². The minimum absolute atomic E-state index is 0.0687. The molecule has 2 aromatic carbocycles. The Morgan fingerprint density at radius 1 is 1.19 bits per heavy atom. The molecule has 0 aromatic heterocycles. The van der Waals surface area contributed by atoms with Gasteiger partial charge >= 0.3 is 0 Å². The van der Waals surface area contributed by atoms with Crippen LogP contribution in [0.1, 0.15) is 18.1 Å². The van der Waals surface area contributed by atoms with Crippen molar-refractivity contribution in [3.63, 3.8) is 0 Å². The van der Waals surface area contributed by atoms with Gasteiger partial charge in [-0.15, -0.1) is 0 Å². The van der Waals surface area contributed by atoms with Gasteiger partial charge in [0.05, 0.1) is 4.92 Å². The van der Waals surface area contributed by atoms with E-state index >= 15 is 0 Å². The van der Waals surface area contributed by atoms with E-state index in [4.69, 9.17) is 5.73 Å². The summed E-state index contributed by atoms with van der Waals surface area (Å²) < 4.78 is 0. The van der Waals surface area contributed by atoms with Gasteiger partial charge in [0.25, 0.3) is 5.69 Å². The molecule has 0 heterocycles. The third kappa shape index (κ3) is 3.51. The number of nitro groups is 1. The molecule has 0 fully saturated rings. The first-order valence-corrected chi connectivity index (χ1v) is 6.85. The molecule has 0 unspecified atom stereocenters. The summed E-state index contributed by atoms with van der Waals surface area (Å²) in [4.78, 5) is 12.6. The zero-order valence-electron chi connectivity index (χ0n) is 12.2. The Hall–Kier alpha value is -2.56. The number of benzene rings is 2. The quantitative estimate of drug-likeness (QED) is 0.518. The van der Waals surface area contributed by atoms with Crippen LogP contribution in [0.4, 0.5) is 17.1 Å². The first-order valence-electron chi connectivity index (χ1n) is 6.85. The maximum Gasteiger partial charge on any atom is 0.269 e. The molecule has 5 nitrogen and oxygen atoms in total. The number of hydrogen-bond donors (Lipinski definition) is 1. The van der Waals surface area contributed by atoms with Crippen LogP contribution in [0.25, 0.3) is 0 Å². The Morgan fingerprint density at radius 2 is 1.86 bits per heavy atom. The summed E-state index contributed by atoms with van der Waals surface area (Å²) in [5.41, 5.74) is 9.64. The number of anilines is 2. The second-order valence-corrected chi connectivity index (χ2v) is 4.99. The zero-order chi connectivity index (χ0) is 15.4. The Bertz CT molecular complexity index is 638. The van der Waals surface area contributed by atoms with Crippen LogP contribution in [0.5, 0.6) is 0 Å². The molecule has 0 radical (unpaired) electrons. The van der Waals surface area contributed by atoms with Gasteiger partial charge < -0.3 is 10.6 Å². The van der Waals surface area contributed by atoms with E-state index in [9.17, 15) is 10.1 Å².